The van der Waals surface area contributed by atoms with Crippen LogP contribution in [0.4, 0.5) is 0 Å². The number of amides is 2. The van der Waals surface area contributed by atoms with Gasteiger partial charge in [0.2, 0.25) is 5.91 Å². The predicted molar refractivity (Wildman–Crippen MR) is 130 cm³/mol. The molecule has 180 valence electrons. The van der Waals surface area contributed by atoms with Gasteiger partial charge >= 0.3 is 0 Å². The minimum atomic E-state index is -0.0787. The Hall–Kier alpha value is -3.29. The Kier molecular flexibility index (Phi) is 5.83. The van der Waals surface area contributed by atoms with E-state index in [4.69, 9.17) is 16.2 Å². The predicted octanol–water partition coefficient (Wildman–Crippen LogP) is 2.48. The summed E-state index contributed by atoms with van der Waals surface area (Å²) in [6, 6.07) is 9.49. The first kappa shape index (κ1) is 22.5. The summed E-state index contributed by atoms with van der Waals surface area (Å²) in [7, 11) is 0. The standard InChI is InChI=1S/C26H33N5O3/c1-15(2)34-24-10-23(29-22-6-4-3-5-19(22)24)26(33)31-13-17-11-30(12-18(17)14-31)25(32)16-7-8-20(27)21(28)9-16/h3-6,10,15-18H,7-9,11-14,27-28H2,1-2H3/t16-,17?,18?/m1/s1. The number of allylic oxidation sites excluding steroid dienone is 2. The third-order valence-corrected chi connectivity index (χ3v) is 7.34. The van der Waals surface area contributed by atoms with Crippen LogP contribution in [0.3, 0.4) is 0 Å². The van der Waals surface area contributed by atoms with Crippen molar-refractivity contribution in [3.8, 4) is 5.75 Å². The van der Waals surface area contributed by atoms with Crippen molar-refractivity contribution < 1.29 is 14.3 Å². The molecule has 4 N–H and O–H groups in total. The molecule has 0 bridgehead atoms. The minimum Gasteiger partial charge on any atom is -0.490 e. The van der Waals surface area contributed by atoms with Gasteiger partial charge in [-0.3, -0.25) is 9.59 Å². The summed E-state index contributed by atoms with van der Waals surface area (Å²) in [5.74, 6) is 1.29. The van der Waals surface area contributed by atoms with Crippen LogP contribution in [-0.4, -0.2) is 58.9 Å². The van der Waals surface area contributed by atoms with Gasteiger partial charge in [-0.1, -0.05) is 12.1 Å². The number of hydrogen-bond acceptors (Lipinski definition) is 6. The molecule has 2 fully saturated rings. The molecule has 1 aromatic carbocycles. The number of fused-ring (bicyclic) bond motifs is 2. The van der Waals surface area contributed by atoms with E-state index in [1.807, 2.05) is 47.9 Å². The second-order valence-electron chi connectivity index (χ2n) is 10.2. The molecule has 8 nitrogen and oxygen atoms in total. The maximum atomic E-state index is 13.4. The summed E-state index contributed by atoms with van der Waals surface area (Å²) >= 11 is 0. The van der Waals surface area contributed by atoms with Crippen molar-refractivity contribution in [1.29, 1.82) is 0 Å². The lowest BCUT2D eigenvalue weighted by Gasteiger charge is -2.28. The topological polar surface area (TPSA) is 115 Å². The molecule has 3 aliphatic rings. The van der Waals surface area contributed by atoms with Crippen LogP contribution in [0.25, 0.3) is 10.9 Å². The number of nitrogens with two attached hydrogens (primary N) is 2. The average Bonchev–Trinajstić information content (AvgIpc) is 3.39. The van der Waals surface area contributed by atoms with Gasteiger partial charge in [-0.15, -0.1) is 0 Å². The largest absolute Gasteiger partial charge is 0.490 e. The molecule has 8 heteroatoms. The number of pyridine rings is 1. The zero-order valence-electron chi connectivity index (χ0n) is 19.9. The molecule has 3 atom stereocenters. The average molecular weight is 464 g/mol. The van der Waals surface area contributed by atoms with Gasteiger partial charge in [-0.05, 0) is 38.8 Å². The number of carbonyl (C=O) groups excluding carboxylic acids is 2. The molecule has 0 spiro atoms. The van der Waals surface area contributed by atoms with Gasteiger partial charge in [0.15, 0.2) is 0 Å². The molecular formula is C26H33N5O3. The lowest BCUT2D eigenvalue weighted by molar-refractivity contribution is -0.135. The van der Waals surface area contributed by atoms with Crippen LogP contribution in [-0.2, 0) is 4.79 Å². The van der Waals surface area contributed by atoms with Gasteiger partial charge in [0, 0.05) is 73.2 Å². The van der Waals surface area contributed by atoms with Gasteiger partial charge in [0.1, 0.15) is 11.4 Å². The number of hydrogen-bond donors (Lipinski definition) is 2. The summed E-state index contributed by atoms with van der Waals surface area (Å²) in [4.78, 5) is 35.0. The van der Waals surface area contributed by atoms with Crippen LogP contribution in [0.1, 0.15) is 43.6 Å². The summed E-state index contributed by atoms with van der Waals surface area (Å²) in [6.45, 7) is 6.60. The molecule has 3 heterocycles. The Balaban J connectivity index is 1.27. The number of aromatic nitrogens is 1. The lowest BCUT2D eigenvalue weighted by Crippen LogP contribution is -2.40. The van der Waals surface area contributed by atoms with Crippen LogP contribution >= 0.6 is 0 Å². The molecule has 34 heavy (non-hydrogen) atoms. The number of ether oxygens (including phenoxy) is 1. The SMILES string of the molecule is CC(C)Oc1cc(C(=O)N2CC3CN(C(=O)[C@@H]4CCC(N)=C(N)C4)CC3C2)nc2ccccc12. The van der Waals surface area contributed by atoms with Crippen molar-refractivity contribution in [2.24, 2.45) is 29.2 Å². The van der Waals surface area contributed by atoms with E-state index in [0.717, 1.165) is 23.0 Å². The summed E-state index contributed by atoms with van der Waals surface area (Å²) in [5, 5.41) is 0.903. The van der Waals surface area contributed by atoms with Gasteiger partial charge in [-0.25, -0.2) is 4.98 Å². The molecule has 5 rings (SSSR count). The lowest BCUT2D eigenvalue weighted by atomic mass is 9.89. The molecule has 2 saturated heterocycles. The van der Waals surface area contributed by atoms with Crippen molar-refractivity contribution >= 4 is 22.7 Å². The molecule has 0 saturated carbocycles. The Morgan fingerprint density at radius 3 is 2.38 bits per heavy atom. The Labute approximate surface area is 199 Å². The smallest absolute Gasteiger partial charge is 0.272 e. The second-order valence-corrected chi connectivity index (χ2v) is 10.2. The molecule has 2 aliphatic heterocycles. The summed E-state index contributed by atoms with van der Waals surface area (Å²) in [5.41, 5.74) is 14.4. The van der Waals surface area contributed by atoms with E-state index >= 15 is 0 Å². The van der Waals surface area contributed by atoms with Crippen LogP contribution in [0, 0.1) is 17.8 Å². The highest BCUT2D eigenvalue weighted by molar-refractivity contribution is 5.97. The van der Waals surface area contributed by atoms with Crippen molar-refractivity contribution in [2.45, 2.75) is 39.2 Å². The maximum Gasteiger partial charge on any atom is 0.272 e. The number of nitrogens with zero attached hydrogens (tertiary/aromatic N) is 3. The number of para-hydroxylation sites is 1. The first-order valence-corrected chi connectivity index (χ1v) is 12.2. The highest BCUT2D eigenvalue weighted by Gasteiger charge is 2.44. The number of rotatable bonds is 4. The van der Waals surface area contributed by atoms with E-state index in [9.17, 15) is 9.59 Å². The van der Waals surface area contributed by atoms with Crippen LogP contribution < -0.4 is 16.2 Å². The van der Waals surface area contributed by atoms with Crippen molar-refractivity contribution in [3.05, 3.63) is 47.4 Å². The molecule has 2 unspecified atom stereocenters. The first-order valence-electron chi connectivity index (χ1n) is 12.2. The monoisotopic (exact) mass is 463 g/mol. The van der Waals surface area contributed by atoms with Crippen LogP contribution in [0.15, 0.2) is 41.7 Å². The molecule has 2 amide bonds. The van der Waals surface area contributed by atoms with Crippen molar-refractivity contribution in [2.75, 3.05) is 26.2 Å². The molecule has 1 aliphatic carbocycles. The number of carbonyl (C=O) groups is 2. The number of benzene rings is 1. The Morgan fingerprint density at radius 2 is 1.71 bits per heavy atom. The molecule has 2 aromatic rings. The molecular weight excluding hydrogens is 430 g/mol. The van der Waals surface area contributed by atoms with Crippen molar-refractivity contribution in [1.82, 2.24) is 14.8 Å². The Bertz CT molecular complexity index is 1150. The fourth-order valence-corrected chi connectivity index (χ4v) is 5.56. The van der Waals surface area contributed by atoms with E-state index < -0.39 is 0 Å². The summed E-state index contributed by atoms with van der Waals surface area (Å²) in [6.07, 6.45) is 1.99. The second kappa shape index (κ2) is 8.81. The van der Waals surface area contributed by atoms with E-state index in [-0.39, 0.29) is 23.8 Å². The van der Waals surface area contributed by atoms with Crippen LogP contribution in [0.2, 0.25) is 0 Å². The third kappa shape index (κ3) is 4.17. The van der Waals surface area contributed by atoms with E-state index in [2.05, 4.69) is 4.98 Å². The van der Waals surface area contributed by atoms with E-state index in [1.165, 1.54) is 0 Å². The zero-order chi connectivity index (χ0) is 24.0. The highest BCUT2D eigenvalue weighted by atomic mass is 16.5. The fraction of sp³-hybridized carbons (Fsp3) is 0.500. The van der Waals surface area contributed by atoms with E-state index in [0.29, 0.717) is 68.0 Å². The third-order valence-electron chi connectivity index (χ3n) is 7.34. The Morgan fingerprint density at radius 1 is 1.03 bits per heavy atom. The quantitative estimate of drug-likeness (QED) is 0.720. The van der Waals surface area contributed by atoms with E-state index in [1.54, 1.807) is 6.07 Å². The first-order chi connectivity index (χ1) is 16.3. The van der Waals surface area contributed by atoms with Gasteiger partial charge in [0.25, 0.3) is 5.91 Å². The molecule has 1 aromatic heterocycles. The van der Waals surface area contributed by atoms with Gasteiger partial charge in [0.05, 0.1) is 11.6 Å². The van der Waals surface area contributed by atoms with Crippen LogP contribution in [0.5, 0.6) is 5.75 Å². The van der Waals surface area contributed by atoms with Gasteiger partial charge in [-0.2, -0.15) is 0 Å². The zero-order valence-corrected chi connectivity index (χ0v) is 19.9. The van der Waals surface area contributed by atoms with Crippen molar-refractivity contribution in [3.63, 3.8) is 0 Å². The maximum absolute atomic E-state index is 13.4. The molecule has 0 radical (unpaired) electrons. The number of likely N-dealkylation sites (tertiary alicyclic amines) is 2. The van der Waals surface area contributed by atoms with Gasteiger partial charge < -0.3 is 26.0 Å². The highest BCUT2D eigenvalue weighted by Crippen LogP contribution is 2.35. The fourth-order valence-electron chi connectivity index (χ4n) is 5.56. The normalized spacial score (nSPS) is 24.7. The summed E-state index contributed by atoms with van der Waals surface area (Å²) < 4.78 is 5.99. The minimum absolute atomic E-state index is 0.00475.